The minimum Gasteiger partial charge on any atom is -0.481 e. The molecule has 1 fully saturated rings. The first kappa shape index (κ1) is 19.1. The smallest absolute Gasteiger partial charge is 0.305 e. The number of carbonyl (C=O) groups is 2. The summed E-state index contributed by atoms with van der Waals surface area (Å²) in [7, 11) is 0. The molecule has 1 aliphatic rings. The second-order valence-electron chi connectivity index (χ2n) is 6.56. The molecule has 0 unspecified atom stereocenters. The molecular weight excluding hydrogens is 322 g/mol. The Morgan fingerprint density at radius 1 is 1.28 bits per heavy atom. The van der Waals surface area contributed by atoms with Crippen molar-refractivity contribution in [3.63, 3.8) is 0 Å². The summed E-state index contributed by atoms with van der Waals surface area (Å²) in [5.74, 6) is -0.882. The van der Waals surface area contributed by atoms with E-state index in [1.807, 2.05) is 18.2 Å². The number of aliphatic carboxylic acids is 1. The summed E-state index contributed by atoms with van der Waals surface area (Å²) in [5, 5.41) is 28.2. The van der Waals surface area contributed by atoms with Crippen LogP contribution in [0.5, 0.6) is 0 Å². The normalized spacial score (nSPS) is 22.9. The van der Waals surface area contributed by atoms with E-state index in [0.29, 0.717) is 12.1 Å². The van der Waals surface area contributed by atoms with Crippen molar-refractivity contribution < 1.29 is 24.9 Å². The van der Waals surface area contributed by atoms with Gasteiger partial charge in [0.2, 0.25) is 0 Å². The summed E-state index contributed by atoms with van der Waals surface area (Å²) in [6.45, 7) is 2.71. The fourth-order valence-electron chi connectivity index (χ4n) is 3.13. The molecule has 1 heterocycles. The van der Waals surface area contributed by atoms with E-state index in [2.05, 4.69) is 6.92 Å². The van der Waals surface area contributed by atoms with Crippen molar-refractivity contribution in [3.05, 3.63) is 48.0 Å². The van der Waals surface area contributed by atoms with E-state index in [1.54, 1.807) is 29.2 Å². The Labute approximate surface area is 147 Å². The SMILES string of the molecule is C[C@@H]1CCN(C(=O)c2ccccc2)[C@H]1C=C[C@@H](O)C[C@@H](O)CC(=O)O. The molecule has 4 atom stereocenters. The number of amides is 1. The van der Waals surface area contributed by atoms with Gasteiger partial charge in [-0.25, -0.2) is 0 Å². The molecule has 2 rings (SSSR count). The van der Waals surface area contributed by atoms with E-state index in [1.165, 1.54) is 0 Å². The van der Waals surface area contributed by atoms with E-state index in [0.717, 1.165) is 6.42 Å². The number of carboxylic acid groups (broad SMARTS) is 1. The zero-order valence-corrected chi connectivity index (χ0v) is 14.3. The fourth-order valence-corrected chi connectivity index (χ4v) is 3.13. The third-order valence-corrected chi connectivity index (χ3v) is 4.50. The van der Waals surface area contributed by atoms with Crippen LogP contribution in [0.1, 0.15) is 36.5 Å². The lowest BCUT2D eigenvalue weighted by Crippen LogP contribution is -2.36. The number of carboxylic acids is 1. The molecule has 1 amide bonds. The van der Waals surface area contributed by atoms with Crippen LogP contribution in [-0.2, 0) is 4.79 Å². The topological polar surface area (TPSA) is 98.1 Å². The maximum absolute atomic E-state index is 12.7. The van der Waals surface area contributed by atoms with Gasteiger partial charge in [0.25, 0.3) is 5.91 Å². The van der Waals surface area contributed by atoms with Crippen LogP contribution in [-0.4, -0.2) is 56.9 Å². The van der Waals surface area contributed by atoms with Gasteiger partial charge in [-0.05, 0) is 24.5 Å². The first-order chi connectivity index (χ1) is 11.9. The number of aliphatic hydroxyl groups excluding tert-OH is 2. The standard InChI is InChI=1S/C19H25NO5/c1-13-9-10-20(19(25)14-5-3-2-4-6-14)17(13)8-7-15(21)11-16(22)12-18(23)24/h2-8,13,15-17,21-22H,9-12H2,1H3,(H,23,24)/t13-,15-,16-,17+/m1/s1. The van der Waals surface area contributed by atoms with E-state index in [9.17, 15) is 19.8 Å². The average Bonchev–Trinajstić information content (AvgIpc) is 2.93. The number of likely N-dealkylation sites (tertiary alicyclic amines) is 1. The molecule has 3 N–H and O–H groups in total. The van der Waals surface area contributed by atoms with Crippen LogP contribution in [0.15, 0.2) is 42.5 Å². The molecule has 0 aromatic heterocycles. The van der Waals surface area contributed by atoms with Crippen molar-refractivity contribution in [3.8, 4) is 0 Å². The van der Waals surface area contributed by atoms with Gasteiger partial charge in [-0.15, -0.1) is 0 Å². The Morgan fingerprint density at radius 2 is 1.96 bits per heavy atom. The van der Waals surface area contributed by atoms with Gasteiger partial charge in [0.05, 0.1) is 24.7 Å². The van der Waals surface area contributed by atoms with Crippen LogP contribution in [0, 0.1) is 5.92 Å². The highest BCUT2D eigenvalue weighted by atomic mass is 16.4. The van der Waals surface area contributed by atoms with Crippen LogP contribution < -0.4 is 0 Å². The van der Waals surface area contributed by atoms with Gasteiger partial charge in [0, 0.05) is 18.5 Å². The average molecular weight is 347 g/mol. The first-order valence-electron chi connectivity index (χ1n) is 8.50. The van der Waals surface area contributed by atoms with Crippen LogP contribution in [0.3, 0.4) is 0 Å². The molecule has 1 saturated heterocycles. The zero-order valence-electron chi connectivity index (χ0n) is 14.3. The summed E-state index contributed by atoms with van der Waals surface area (Å²) < 4.78 is 0. The van der Waals surface area contributed by atoms with Crippen molar-refractivity contribution >= 4 is 11.9 Å². The fraction of sp³-hybridized carbons (Fsp3) is 0.474. The van der Waals surface area contributed by atoms with Gasteiger partial charge in [0.15, 0.2) is 0 Å². The lowest BCUT2D eigenvalue weighted by atomic mass is 10.0. The van der Waals surface area contributed by atoms with Gasteiger partial charge in [-0.1, -0.05) is 37.3 Å². The quantitative estimate of drug-likeness (QED) is 0.652. The molecular formula is C19H25NO5. The Balaban J connectivity index is 2.00. The largest absolute Gasteiger partial charge is 0.481 e. The highest BCUT2D eigenvalue weighted by Crippen LogP contribution is 2.27. The molecule has 0 radical (unpaired) electrons. The molecule has 0 aliphatic carbocycles. The maximum Gasteiger partial charge on any atom is 0.305 e. The van der Waals surface area contributed by atoms with Crippen molar-refractivity contribution in [2.45, 2.75) is 44.4 Å². The predicted octanol–water partition coefficient (Wildman–Crippen LogP) is 1.68. The van der Waals surface area contributed by atoms with E-state index >= 15 is 0 Å². The van der Waals surface area contributed by atoms with E-state index in [-0.39, 0.29) is 24.3 Å². The molecule has 6 heteroatoms. The van der Waals surface area contributed by atoms with Crippen LogP contribution >= 0.6 is 0 Å². The second kappa shape index (κ2) is 8.78. The number of hydrogen-bond acceptors (Lipinski definition) is 4. The lowest BCUT2D eigenvalue weighted by Gasteiger charge is -2.25. The van der Waals surface area contributed by atoms with Gasteiger partial charge >= 0.3 is 5.97 Å². The first-order valence-corrected chi connectivity index (χ1v) is 8.50. The monoisotopic (exact) mass is 347 g/mol. The van der Waals surface area contributed by atoms with Crippen LogP contribution in [0.4, 0.5) is 0 Å². The Morgan fingerprint density at radius 3 is 2.60 bits per heavy atom. The summed E-state index contributed by atoms with van der Waals surface area (Å²) in [5.41, 5.74) is 0.632. The molecule has 25 heavy (non-hydrogen) atoms. The molecule has 1 aliphatic heterocycles. The summed E-state index contributed by atoms with van der Waals surface area (Å²) in [6, 6.07) is 8.95. The van der Waals surface area contributed by atoms with Crippen molar-refractivity contribution in [1.29, 1.82) is 0 Å². The minimum absolute atomic E-state index is 0.0417. The van der Waals surface area contributed by atoms with E-state index < -0.39 is 24.6 Å². The molecule has 136 valence electrons. The van der Waals surface area contributed by atoms with Gasteiger partial charge in [-0.2, -0.15) is 0 Å². The van der Waals surface area contributed by atoms with Crippen LogP contribution in [0.25, 0.3) is 0 Å². The summed E-state index contributed by atoms with van der Waals surface area (Å²) in [6.07, 6.45) is 1.72. The minimum atomic E-state index is -1.10. The third kappa shape index (κ3) is 5.41. The van der Waals surface area contributed by atoms with Gasteiger partial charge < -0.3 is 20.2 Å². The Bertz CT molecular complexity index is 616. The Kier molecular flexibility index (Phi) is 6.73. The van der Waals surface area contributed by atoms with Gasteiger partial charge in [0.1, 0.15) is 0 Å². The maximum atomic E-state index is 12.7. The van der Waals surface area contributed by atoms with Gasteiger partial charge in [-0.3, -0.25) is 9.59 Å². The number of aliphatic hydroxyl groups is 2. The lowest BCUT2D eigenvalue weighted by molar-refractivity contribution is -0.139. The second-order valence-corrected chi connectivity index (χ2v) is 6.56. The predicted molar refractivity (Wildman–Crippen MR) is 93.1 cm³/mol. The Hall–Kier alpha value is -2.18. The molecule has 1 aromatic carbocycles. The van der Waals surface area contributed by atoms with Crippen molar-refractivity contribution in [1.82, 2.24) is 4.90 Å². The van der Waals surface area contributed by atoms with E-state index in [4.69, 9.17) is 5.11 Å². The van der Waals surface area contributed by atoms with Crippen LogP contribution in [0.2, 0.25) is 0 Å². The summed E-state index contributed by atoms with van der Waals surface area (Å²) in [4.78, 5) is 25.0. The molecule has 6 nitrogen and oxygen atoms in total. The number of benzene rings is 1. The molecule has 0 bridgehead atoms. The molecule has 0 saturated carbocycles. The molecule has 0 spiro atoms. The third-order valence-electron chi connectivity index (χ3n) is 4.50. The van der Waals surface area contributed by atoms with Crippen molar-refractivity contribution in [2.75, 3.05) is 6.54 Å². The zero-order chi connectivity index (χ0) is 18.4. The van der Waals surface area contributed by atoms with Crippen molar-refractivity contribution in [2.24, 2.45) is 5.92 Å². The summed E-state index contributed by atoms with van der Waals surface area (Å²) >= 11 is 0. The highest BCUT2D eigenvalue weighted by molar-refractivity contribution is 5.94. The number of nitrogens with zero attached hydrogens (tertiary/aromatic N) is 1. The number of carbonyl (C=O) groups excluding carboxylic acids is 1. The highest BCUT2D eigenvalue weighted by Gasteiger charge is 2.33. The molecule has 1 aromatic rings. The number of hydrogen-bond donors (Lipinski definition) is 3. The number of rotatable bonds is 7.